The molecule has 0 amide bonds. The van der Waals surface area contributed by atoms with E-state index in [0.717, 1.165) is 19.3 Å². The number of rotatable bonds is 2. The molecule has 1 unspecified atom stereocenters. The van der Waals surface area contributed by atoms with Gasteiger partial charge in [-0.3, -0.25) is 4.79 Å². The van der Waals surface area contributed by atoms with Gasteiger partial charge in [-0.1, -0.05) is 12.8 Å². The van der Waals surface area contributed by atoms with Gasteiger partial charge in [0.2, 0.25) is 0 Å². The van der Waals surface area contributed by atoms with Crippen LogP contribution in [-0.4, -0.2) is 17.8 Å². The lowest BCUT2D eigenvalue weighted by molar-refractivity contribution is 0.0278. The highest BCUT2D eigenvalue weighted by molar-refractivity contribution is 5.33. The van der Waals surface area contributed by atoms with Crippen molar-refractivity contribution in [2.45, 2.75) is 37.8 Å². The molecule has 0 saturated heterocycles. The van der Waals surface area contributed by atoms with Crippen LogP contribution in [0.15, 0.2) is 23.1 Å². The maximum Gasteiger partial charge on any atom is 0.274 e. The highest BCUT2D eigenvalue weighted by Gasteiger charge is 2.27. The van der Waals surface area contributed by atoms with Crippen molar-refractivity contribution >= 4 is 5.69 Å². The lowest BCUT2D eigenvalue weighted by atomic mass is 9.92. The van der Waals surface area contributed by atoms with Crippen LogP contribution in [0.2, 0.25) is 0 Å². The Balaban J connectivity index is 2.34. The first-order chi connectivity index (χ1) is 7.74. The molecule has 0 spiro atoms. The minimum atomic E-state index is -0.101. The molecule has 0 aromatic carbocycles. The second-order valence-electron chi connectivity index (χ2n) is 4.30. The summed E-state index contributed by atoms with van der Waals surface area (Å²) >= 11 is 0. The van der Waals surface area contributed by atoms with Crippen molar-refractivity contribution in [1.29, 1.82) is 0 Å². The fourth-order valence-corrected chi connectivity index (χ4v) is 2.46. The Hall–Kier alpha value is -1.29. The van der Waals surface area contributed by atoms with Gasteiger partial charge in [-0.2, -0.15) is 0 Å². The van der Waals surface area contributed by atoms with E-state index in [1.807, 2.05) is 6.07 Å². The van der Waals surface area contributed by atoms with Gasteiger partial charge < -0.3 is 15.0 Å². The third-order valence-corrected chi connectivity index (χ3v) is 3.33. The van der Waals surface area contributed by atoms with Crippen molar-refractivity contribution in [2.75, 3.05) is 12.8 Å². The summed E-state index contributed by atoms with van der Waals surface area (Å²) in [4.78, 5) is 11.9. The summed E-state index contributed by atoms with van der Waals surface area (Å²) in [7, 11) is 1.71. The normalized spacial score (nSPS) is 25.6. The number of hydrogen-bond acceptors (Lipinski definition) is 3. The van der Waals surface area contributed by atoms with Crippen molar-refractivity contribution in [3.8, 4) is 0 Å². The summed E-state index contributed by atoms with van der Waals surface area (Å²) in [5.74, 6) is 0. The minimum absolute atomic E-state index is 0.101. The summed E-state index contributed by atoms with van der Waals surface area (Å²) in [6, 6.07) is 3.59. The van der Waals surface area contributed by atoms with E-state index in [0.29, 0.717) is 5.69 Å². The maximum absolute atomic E-state index is 11.9. The van der Waals surface area contributed by atoms with Gasteiger partial charge in [0.05, 0.1) is 17.8 Å². The number of ether oxygens (including phenoxy) is 1. The quantitative estimate of drug-likeness (QED) is 0.826. The van der Waals surface area contributed by atoms with E-state index in [9.17, 15) is 4.79 Å². The van der Waals surface area contributed by atoms with Gasteiger partial charge in [0.1, 0.15) is 0 Å². The van der Waals surface area contributed by atoms with Crippen LogP contribution in [0, 0.1) is 0 Å². The summed E-state index contributed by atoms with van der Waals surface area (Å²) in [5.41, 5.74) is 5.85. The highest BCUT2D eigenvalue weighted by Crippen LogP contribution is 2.29. The smallest absolute Gasteiger partial charge is 0.274 e. The number of nitrogens with zero attached hydrogens (tertiary/aromatic N) is 1. The number of pyridine rings is 1. The second-order valence-corrected chi connectivity index (χ2v) is 4.30. The Morgan fingerprint density at radius 2 is 2.19 bits per heavy atom. The van der Waals surface area contributed by atoms with E-state index < -0.39 is 0 Å². The molecule has 4 nitrogen and oxygen atoms in total. The zero-order valence-electron chi connectivity index (χ0n) is 9.56. The molecule has 1 saturated carbocycles. The van der Waals surface area contributed by atoms with Crippen molar-refractivity contribution < 1.29 is 4.74 Å². The topological polar surface area (TPSA) is 57.2 Å². The van der Waals surface area contributed by atoms with E-state index in [4.69, 9.17) is 10.5 Å². The predicted molar refractivity (Wildman–Crippen MR) is 63.4 cm³/mol. The second kappa shape index (κ2) is 4.70. The van der Waals surface area contributed by atoms with Crippen LogP contribution in [0.1, 0.15) is 31.7 Å². The molecule has 1 aliphatic carbocycles. The van der Waals surface area contributed by atoms with Crippen LogP contribution < -0.4 is 11.3 Å². The Morgan fingerprint density at radius 1 is 1.44 bits per heavy atom. The number of nitrogens with two attached hydrogens (primary N) is 1. The summed E-state index contributed by atoms with van der Waals surface area (Å²) in [6.07, 6.45) is 6.26. The first-order valence-corrected chi connectivity index (χ1v) is 5.73. The van der Waals surface area contributed by atoms with Crippen molar-refractivity contribution in [3.63, 3.8) is 0 Å². The average molecular weight is 222 g/mol. The molecule has 1 aromatic rings. The molecule has 88 valence electrons. The number of hydrogen-bond donors (Lipinski definition) is 1. The van der Waals surface area contributed by atoms with Crippen LogP contribution in [0.4, 0.5) is 5.69 Å². The molecule has 2 rings (SSSR count). The number of aromatic nitrogens is 1. The monoisotopic (exact) mass is 222 g/mol. The molecular weight excluding hydrogens is 204 g/mol. The van der Waals surface area contributed by atoms with E-state index in [1.165, 1.54) is 6.42 Å². The average Bonchev–Trinajstić information content (AvgIpc) is 2.33. The molecule has 0 aliphatic heterocycles. The van der Waals surface area contributed by atoms with Gasteiger partial charge in [0.25, 0.3) is 5.56 Å². The van der Waals surface area contributed by atoms with E-state index in [2.05, 4.69) is 0 Å². The van der Waals surface area contributed by atoms with E-state index in [1.54, 1.807) is 23.9 Å². The van der Waals surface area contributed by atoms with Crippen LogP contribution in [-0.2, 0) is 4.74 Å². The molecular formula is C12H18N2O2. The van der Waals surface area contributed by atoms with Gasteiger partial charge in [-0.05, 0) is 25.0 Å². The SMILES string of the molecule is CO[C@@H]1CCCCC1n1cccc(N)c1=O. The molecule has 0 bridgehead atoms. The zero-order valence-corrected chi connectivity index (χ0v) is 9.56. The van der Waals surface area contributed by atoms with Crippen molar-refractivity contribution in [2.24, 2.45) is 0 Å². The third kappa shape index (κ3) is 1.97. The molecule has 4 heteroatoms. The summed E-state index contributed by atoms with van der Waals surface area (Å²) in [6.45, 7) is 0. The van der Waals surface area contributed by atoms with Gasteiger partial charge >= 0.3 is 0 Å². The molecule has 2 N–H and O–H groups in total. The molecule has 1 heterocycles. The van der Waals surface area contributed by atoms with Crippen LogP contribution in [0.25, 0.3) is 0 Å². The van der Waals surface area contributed by atoms with Crippen LogP contribution in [0.5, 0.6) is 0 Å². The lowest BCUT2D eigenvalue weighted by Crippen LogP contribution is -2.36. The van der Waals surface area contributed by atoms with Crippen molar-refractivity contribution in [3.05, 3.63) is 28.7 Å². The molecule has 2 atom stereocenters. The molecule has 1 fully saturated rings. The number of nitrogen functional groups attached to an aromatic ring is 1. The minimum Gasteiger partial charge on any atom is -0.394 e. The van der Waals surface area contributed by atoms with Gasteiger partial charge in [-0.25, -0.2) is 0 Å². The van der Waals surface area contributed by atoms with E-state index >= 15 is 0 Å². The fraction of sp³-hybridized carbons (Fsp3) is 0.583. The Kier molecular flexibility index (Phi) is 3.29. The summed E-state index contributed by atoms with van der Waals surface area (Å²) in [5, 5.41) is 0. The third-order valence-electron chi connectivity index (χ3n) is 3.33. The van der Waals surface area contributed by atoms with Crippen LogP contribution >= 0.6 is 0 Å². The Morgan fingerprint density at radius 3 is 2.94 bits per heavy atom. The maximum atomic E-state index is 11.9. The largest absolute Gasteiger partial charge is 0.394 e. The first-order valence-electron chi connectivity index (χ1n) is 5.73. The Bertz CT molecular complexity index is 414. The molecule has 16 heavy (non-hydrogen) atoms. The van der Waals surface area contributed by atoms with Crippen molar-refractivity contribution in [1.82, 2.24) is 4.57 Å². The van der Waals surface area contributed by atoms with Gasteiger partial charge in [0, 0.05) is 13.3 Å². The molecule has 0 radical (unpaired) electrons. The fourth-order valence-electron chi connectivity index (χ4n) is 2.46. The number of anilines is 1. The van der Waals surface area contributed by atoms with Crippen LogP contribution in [0.3, 0.4) is 0 Å². The Labute approximate surface area is 95.0 Å². The molecule has 1 aliphatic rings. The number of methoxy groups -OCH3 is 1. The van der Waals surface area contributed by atoms with E-state index in [-0.39, 0.29) is 17.7 Å². The van der Waals surface area contributed by atoms with Gasteiger partial charge in [0.15, 0.2) is 0 Å². The summed E-state index contributed by atoms with van der Waals surface area (Å²) < 4.78 is 7.18. The first kappa shape index (κ1) is 11.2. The zero-order chi connectivity index (χ0) is 11.5. The lowest BCUT2D eigenvalue weighted by Gasteiger charge is -2.31. The van der Waals surface area contributed by atoms with Gasteiger partial charge in [-0.15, -0.1) is 0 Å². The predicted octanol–water partition coefficient (Wildman–Crippen LogP) is 1.56. The highest BCUT2D eigenvalue weighted by atomic mass is 16.5. The molecule has 1 aromatic heterocycles. The standard InChI is InChI=1S/C12H18N2O2/c1-16-11-7-3-2-6-10(11)14-8-4-5-9(13)12(14)15/h4-5,8,10-11H,2-3,6-7,13H2,1H3/t10?,11-/m1/s1.